The average molecular weight is 1080 g/mol. The van der Waals surface area contributed by atoms with E-state index in [1.165, 1.54) is 11.1 Å². The molecule has 0 saturated carbocycles. The van der Waals surface area contributed by atoms with Crippen LogP contribution in [0.4, 0.5) is 26.7 Å². The Balaban J connectivity index is 1.13. The van der Waals surface area contributed by atoms with Crippen molar-refractivity contribution < 1.29 is 42.7 Å². The second-order valence-electron chi connectivity index (χ2n) is 24.5. The second-order valence-corrected chi connectivity index (χ2v) is 24.5. The lowest BCUT2D eigenvalue weighted by molar-refractivity contribution is -0.00610. The van der Waals surface area contributed by atoms with Crippen molar-refractivity contribution in [1.82, 2.24) is 4.98 Å². The number of pyridine rings is 1. The van der Waals surface area contributed by atoms with Gasteiger partial charge in [0, 0.05) is 22.6 Å². The molecule has 5 heterocycles. The van der Waals surface area contributed by atoms with Crippen LogP contribution < -0.4 is 16.0 Å². The molecule has 0 aliphatic carbocycles. The summed E-state index contributed by atoms with van der Waals surface area (Å²) in [7, 11) is 0. The Bertz CT molecular complexity index is 2900. The van der Waals surface area contributed by atoms with Gasteiger partial charge in [0.2, 0.25) is 0 Å². The molecular weight excluding hydrogens is 993 g/mol. The fourth-order valence-electron chi connectivity index (χ4n) is 8.72. The zero-order chi connectivity index (χ0) is 56.8. The first kappa shape index (κ1) is 60.2. The van der Waals surface area contributed by atoms with Gasteiger partial charge in [-0.2, -0.15) is 0 Å². The van der Waals surface area contributed by atoms with Gasteiger partial charge < -0.3 is 43.8 Å². The minimum Gasteiger partial charge on any atom is -0.444 e. The maximum Gasteiger partial charge on any atom is 0.411 e. The first-order valence-corrected chi connectivity index (χ1v) is 27.5. The highest BCUT2D eigenvalue weighted by molar-refractivity contribution is 6.01. The first-order valence-electron chi connectivity index (χ1n) is 27.5. The van der Waals surface area contributed by atoms with Crippen LogP contribution in [0.1, 0.15) is 145 Å². The van der Waals surface area contributed by atoms with Gasteiger partial charge in [0.1, 0.15) is 6.61 Å². The monoisotopic (exact) mass is 1080 g/mol. The molecule has 4 aliphatic heterocycles. The Kier molecular flexibility index (Phi) is 20.7. The predicted octanol–water partition coefficient (Wildman–Crippen LogP) is 14.8. The summed E-state index contributed by atoms with van der Waals surface area (Å²) in [5.41, 5.74) is 13.9. The molecule has 6 aromatic rings. The van der Waals surface area contributed by atoms with Crippen LogP contribution in [0.3, 0.4) is 0 Å². The van der Waals surface area contributed by atoms with Crippen molar-refractivity contribution in [3.8, 4) is 11.1 Å². The number of nitrogens with zero attached hydrogens (tertiary/aromatic N) is 1. The van der Waals surface area contributed by atoms with E-state index >= 15 is 0 Å². The molecular formula is C66H84N4O9. The van der Waals surface area contributed by atoms with E-state index in [1.54, 1.807) is 12.1 Å². The van der Waals surface area contributed by atoms with Gasteiger partial charge in [-0.1, -0.05) is 150 Å². The minimum atomic E-state index is -0.553. The maximum absolute atomic E-state index is 14.2. The summed E-state index contributed by atoms with van der Waals surface area (Å²) in [5, 5.41) is 9.15. The van der Waals surface area contributed by atoms with Crippen LogP contribution in [0.25, 0.3) is 11.1 Å². The lowest BCUT2D eigenvalue weighted by Gasteiger charge is -2.27. The van der Waals surface area contributed by atoms with Crippen molar-refractivity contribution in [3.05, 3.63) is 177 Å². The molecule has 13 heteroatoms. The fraction of sp³-hybridized carbons (Fsp3) is 0.439. The summed E-state index contributed by atoms with van der Waals surface area (Å²) in [6.45, 7) is 30.7. The van der Waals surface area contributed by atoms with Crippen molar-refractivity contribution in [2.75, 3.05) is 55.6 Å². The molecule has 4 aliphatic rings. The Morgan fingerprint density at radius 1 is 0.456 bits per heavy atom. The van der Waals surface area contributed by atoms with Gasteiger partial charge in [0.25, 0.3) is 0 Å². The topological polar surface area (TPSA) is 148 Å². The number of benzene rings is 5. The summed E-state index contributed by atoms with van der Waals surface area (Å²) < 4.78 is 42.2. The Hall–Kier alpha value is -6.45. The third-order valence-electron chi connectivity index (χ3n) is 13.6. The number of carbonyl (C=O) groups is 2. The lowest BCUT2D eigenvalue weighted by Crippen LogP contribution is -2.21. The van der Waals surface area contributed by atoms with Crippen LogP contribution >= 0.6 is 0 Å². The largest absolute Gasteiger partial charge is 0.444 e. The zero-order valence-electron chi connectivity index (χ0n) is 48.8. The normalized spacial score (nSPS) is 15.1. The van der Waals surface area contributed by atoms with Crippen LogP contribution in [-0.4, -0.2) is 56.7 Å². The van der Waals surface area contributed by atoms with E-state index < -0.39 is 12.1 Å². The Morgan fingerprint density at radius 3 is 1.44 bits per heavy atom. The SMILES string of the molecule is CC(C)(C)c1cc(NC(=O)OCc2ccc(NC(=O)Nc3cc4cc(-c5cc(C(C)(C)C)cc(C(C)(C)C)c5)c3COCCOCCOCCOCc3ccc(cc3)COCc3cccc(n3)COC4)cc2)cc(C(C)(C)C)c1. The predicted molar refractivity (Wildman–Crippen MR) is 315 cm³/mol. The van der Waals surface area contributed by atoms with Crippen LogP contribution in [0.2, 0.25) is 0 Å². The van der Waals surface area contributed by atoms with E-state index in [0.717, 1.165) is 61.5 Å². The smallest absolute Gasteiger partial charge is 0.411 e. The summed E-state index contributed by atoms with van der Waals surface area (Å²) in [6.07, 6.45) is -0.553. The van der Waals surface area contributed by atoms with E-state index in [9.17, 15) is 9.59 Å². The number of aromatic nitrogens is 1. The quantitative estimate of drug-likeness (QED) is 0.147. The van der Waals surface area contributed by atoms with E-state index in [2.05, 4.69) is 154 Å². The third-order valence-corrected chi connectivity index (χ3v) is 13.6. The molecule has 0 unspecified atom stereocenters. The number of ether oxygens (including phenoxy) is 7. The Labute approximate surface area is 469 Å². The van der Waals surface area contributed by atoms with Gasteiger partial charge in [0.15, 0.2) is 0 Å². The van der Waals surface area contributed by atoms with Crippen LogP contribution in [0.15, 0.2) is 115 Å². The molecule has 5 aromatic carbocycles. The zero-order valence-corrected chi connectivity index (χ0v) is 48.8. The summed E-state index contributed by atoms with van der Waals surface area (Å²) in [4.78, 5) is 32.2. The van der Waals surface area contributed by atoms with Crippen LogP contribution in [0, 0.1) is 0 Å². The summed E-state index contributed by atoms with van der Waals surface area (Å²) >= 11 is 0. The van der Waals surface area contributed by atoms with E-state index in [1.807, 2.05) is 48.5 Å². The molecule has 10 rings (SSSR count). The standard InChI is InChI=1S/C66H84N4O9/c1-63(2,3)50-32-49(33-51(34-50)64(4,5)6)58-30-48-31-60(70-61(71)68-54-22-20-47(21-23-54)41-79-62(72)69-57-36-52(65(7,8)9)35-53(37-57)66(10,11)12)59(58)44-76-29-27-74-25-24-73-26-28-75-38-45-16-18-46(19-17-45)39-77-42-55-14-13-15-56(67-55)43-78-40-48/h13-23,30-37H,24-29,38-44H2,1-12H3,(H,69,72)(H2,68,70,71). The van der Waals surface area contributed by atoms with Gasteiger partial charge in [-0.15, -0.1) is 0 Å². The molecule has 0 radical (unpaired) electrons. The second kappa shape index (κ2) is 27.1. The number of hydrogen-bond acceptors (Lipinski definition) is 10. The first-order chi connectivity index (χ1) is 37.5. The molecule has 0 saturated heterocycles. The number of carbonyl (C=O) groups excluding carboxylic acids is 2. The van der Waals surface area contributed by atoms with Gasteiger partial charge in [0.05, 0.1) is 90.7 Å². The summed E-state index contributed by atoms with van der Waals surface area (Å²) in [5.74, 6) is 0. The van der Waals surface area contributed by atoms with Crippen molar-refractivity contribution >= 4 is 29.2 Å². The maximum atomic E-state index is 14.2. The Morgan fingerprint density at radius 2 is 0.924 bits per heavy atom. The molecule has 1 aromatic heterocycles. The molecule has 0 fully saturated rings. The van der Waals surface area contributed by atoms with Crippen molar-refractivity contribution in [1.29, 1.82) is 0 Å². The number of nitrogens with one attached hydrogen (secondary N) is 3. The molecule has 3 amide bonds. The van der Waals surface area contributed by atoms with E-state index in [-0.39, 0.29) is 48.1 Å². The number of hydrogen-bond donors (Lipinski definition) is 3. The highest BCUT2D eigenvalue weighted by atomic mass is 16.6. The average Bonchev–Trinajstić information content (AvgIpc) is 3.41. The molecule has 13 nitrogen and oxygen atoms in total. The van der Waals surface area contributed by atoms with Gasteiger partial charge in [-0.05, 0) is 126 Å². The molecule has 0 atom stereocenters. The minimum absolute atomic E-state index is 0.0389. The van der Waals surface area contributed by atoms with E-state index in [4.69, 9.17) is 38.1 Å². The highest BCUT2D eigenvalue weighted by Gasteiger charge is 2.25. The van der Waals surface area contributed by atoms with Crippen LogP contribution in [0.5, 0.6) is 0 Å². The molecule has 0 spiro atoms. The summed E-state index contributed by atoms with van der Waals surface area (Å²) in [6, 6.07) is 37.9. The lowest BCUT2D eigenvalue weighted by atomic mass is 9.78. The number of rotatable bonds is 6. The van der Waals surface area contributed by atoms with Gasteiger partial charge >= 0.3 is 12.1 Å². The number of amides is 3. The number of urea groups is 1. The molecule has 6 bridgehead atoms. The van der Waals surface area contributed by atoms with Gasteiger partial charge in [-0.3, -0.25) is 10.3 Å². The van der Waals surface area contributed by atoms with Crippen molar-refractivity contribution in [2.24, 2.45) is 0 Å². The van der Waals surface area contributed by atoms with E-state index in [0.29, 0.717) is 76.5 Å². The van der Waals surface area contributed by atoms with Crippen molar-refractivity contribution in [2.45, 2.75) is 151 Å². The molecule has 422 valence electrons. The fourth-order valence-corrected chi connectivity index (χ4v) is 8.72. The third kappa shape index (κ3) is 18.8. The van der Waals surface area contributed by atoms with Crippen LogP contribution in [-0.2, 0) is 101 Å². The highest BCUT2D eigenvalue weighted by Crippen LogP contribution is 2.39. The number of anilines is 3. The van der Waals surface area contributed by atoms with Gasteiger partial charge in [-0.25, -0.2) is 9.59 Å². The molecule has 3 N–H and O–H groups in total. The molecule has 79 heavy (non-hydrogen) atoms. The van der Waals surface area contributed by atoms with Crippen molar-refractivity contribution in [3.63, 3.8) is 0 Å².